The van der Waals surface area contributed by atoms with Gasteiger partial charge in [0.15, 0.2) is 23.0 Å². The molecule has 1 unspecified atom stereocenters. The Morgan fingerprint density at radius 3 is 2.00 bits per heavy atom. The van der Waals surface area contributed by atoms with Gasteiger partial charge in [0.2, 0.25) is 11.7 Å². The van der Waals surface area contributed by atoms with Gasteiger partial charge in [0, 0.05) is 12.6 Å². The van der Waals surface area contributed by atoms with Crippen molar-refractivity contribution in [2.45, 2.75) is 12.5 Å². The van der Waals surface area contributed by atoms with E-state index >= 15 is 0 Å². The van der Waals surface area contributed by atoms with Gasteiger partial charge in [-0.15, -0.1) is 0 Å². The fraction of sp³-hybridized carbons (Fsp3) is 0.276. The van der Waals surface area contributed by atoms with Gasteiger partial charge in [-0.05, 0) is 59.0 Å². The Balaban J connectivity index is 1.71. The van der Waals surface area contributed by atoms with Crippen molar-refractivity contribution < 1.29 is 28.5 Å². The molecule has 7 nitrogen and oxygen atoms in total. The van der Waals surface area contributed by atoms with Crippen LogP contribution >= 0.6 is 0 Å². The second kappa shape index (κ2) is 11.1. The number of hydrogen-bond acceptors (Lipinski definition) is 6. The SMILES string of the molecule is COc1cc2c(cc1OC)C(c1ccccc1)N(C(=O)/C=C/c1cc(OC)c(OC)c(OC)c1)CC2. The monoisotopic (exact) mass is 489 g/mol. The van der Waals surface area contributed by atoms with Crippen LogP contribution in [0.4, 0.5) is 0 Å². The summed E-state index contributed by atoms with van der Waals surface area (Å²) in [5.74, 6) is 2.78. The fourth-order valence-electron chi connectivity index (χ4n) is 4.64. The molecule has 7 heteroatoms. The van der Waals surface area contributed by atoms with Crippen molar-refractivity contribution in [3.8, 4) is 28.7 Å². The molecule has 1 amide bonds. The standard InChI is InChI=1S/C29H31NO6/c1-32-23-17-21-13-14-30(28(20-9-7-6-8-10-20)22(21)18-24(23)33-2)27(31)12-11-19-15-25(34-3)29(36-5)26(16-19)35-4/h6-12,15-18,28H,13-14H2,1-5H3/b12-11+. The molecule has 0 spiro atoms. The van der Waals surface area contributed by atoms with Gasteiger partial charge in [-0.3, -0.25) is 4.79 Å². The maximum Gasteiger partial charge on any atom is 0.247 e. The summed E-state index contributed by atoms with van der Waals surface area (Å²) in [5, 5.41) is 0. The second-order valence-electron chi connectivity index (χ2n) is 8.29. The number of ether oxygens (including phenoxy) is 5. The van der Waals surface area contributed by atoms with Crippen LogP contribution in [-0.2, 0) is 11.2 Å². The highest BCUT2D eigenvalue weighted by Crippen LogP contribution is 2.41. The van der Waals surface area contributed by atoms with Crippen LogP contribution < -0.4 is 23.7 Å². The van der Waals surface area contributed by atoms with Crippen molar-refractivity contribution in [3.63, 3.8) is 0 Å². The van der Waals surface area contributed by atoms with Crippen LogP contribution in [-0.4, -0.2) is 52.9 Å². The van der Waals surface area contributed by atoms with Gasteiger partial charge in [0.25, 0.3) is 0 Å². The second-order valence-corrected chi connectivity index (χ2v) is 8.29. The number of carbonyl (C=O) groups is 1. The Hall–Kier alpha value is -4.13. The van der Waals surface area contributed by atoms with Gasteiger partial charge in [-0.2, -0.15) is 0 Å². The topological polar surface area (TPSA) is 66.5 Å². The maximum absolute atomic E-state index is 13.6. The van der Waals surface area contributed by atoms with Crippen LogP contribution in [0.3, 0.4) is 0 Å². The summed E-state index contributed by atoms with van der Waals surface area (Å²) in [4.78, 5) is 15.5. The molecule has 0 aromatic heterocycles. The third-order valence-electron chi connectivity index (χ3n) is 6.38. The van der Waals surface area contributed by atoms with Gasteiger partial charge in [-0.1, -0.05) is 30.3 Å². The minimum atomic E-state index is -0.258. The van der Waals surface area contributed by atoms with Crippen molar-refractivity contribution in [3.05, 3.63) is 82.9 Å². The highest BCUT2D eigenvalue weighted by molar-refractivity contribution is 5.93. The summed E-state index contributed by atoms with van der Waals surface area (Å²) < 4.78 is 27.4. The molecule has 1 heterocycles. The summed E-state index contributed by atoms with van der Waals surface area (Å²) in [6, 6.07) is 17.4. The highest BCUT2D eigenvalue weighted by Gasteiger charge is 2.32. The smallest absolute Gasteiger partial charge is 0.247 e. The first-order valence-electron chi connectivity index (χ1n) is 11.6. The number of benzene rings is 3. The molecule has 0 saturated heterocycles. The van der Waals surface area contributed by atoms with E-state index in [2.05, 4.69) is 0 Å². The summed E-state index contributed by atoms with van der Waals surface area (Å²) in [7, 11) is 7.94. The molecule has 1 atom stereocenters. The average molecular weight is 490 g/mol. The van der Waals surface area contributed by atoms with E-state index in [1.807, 2.05) is 59.5 Å². The molecule has 0 bridgehead atoms. The molecular weight excluding hydrogens is 458 g/mol. The van der Waals surface area contributed by atoms with Crippen LogP contribution in [0, 0.1) is 0 Å². The lowest BCUT2D eigenvalue weighted by molar-refractivity contribution is -0.127. The van der Waals surface area contributed by atoms with Crippen LogP contribution in [0.5, 0.6) is 28.7 Å². The van der Waals surface area contributed by atoms with E-state index in [9.17, 15) is 4.79 Å². The summed E-state index contributed by atoms with van der Waals surface area (Å²) in [6.07, 6.45) is 4.06. The van der Waals surface area contributed by atoms with Crippen molar-refractivity contribution in [1.29, 1.82) is 0 Å². The van der Waals surface area contributed by atoms with Gasteiger partial charge in [-0.25, -0.2) is 0 Å². The Morgan fingerprint density at radius 2 is 1.42 bits per heavy atom. The number of nitrogens with zero attached hydrogens (tertiary/aromatic N) is 1. The first kappa shape index (κ1) is 25.0. The molecule has 3 aromatic rings. The molecule has 36 heavy (non-hydrogen) atoms. The molecule has 0 saturated carbocycles. The van der Waals surface area contributed by atoms with Crippen LogP contribution in [0.2, 0.25) is 0 Å². The first-order valence-corrected chi connectivity index (χ1v) is 11.6. The molecule has 1 aliphatic rings. The molecule has 0 aliphatic carbocycles. The summed E-state index contributed by atoms with van der Waals surface area (Å²) in [6.45, 7) is 0.570. The third-order valence-corrected chi connectivity index (χ3v) is 6.38. The first-order chi connectivity index (χ1) is 17.5. The molecule has 0 fully saturated rings. The quantitative estimate of drug-likeness (QED) is 0.419. The van der Waals surface area contributed by atoms with E-state index < -0.39 is 0 Å². The third kappa shape index (κ3) is 4.82. The molecule has 188 valence electrons. The van der Waals surface area contributed by atoms with Gasteiger partial charge >= 0.3 is 0 Å². The zero-order valence-electron chi connectivity index (χ0n) is 21.2. The van der Waals surface area contributed by atoms with E-state index in [0.29, 0.717) is 41.7 Å². The van der Waals surface area contributed by atoms with Gasteiger partial charge in [0.1, 0.15) is 0 Å². The number of fused-ring (bicyclic) bond motifs is 1. The minimum absolute atomic E-state index is 0.0990. The number of rotatable bonds is 8. The average Bonchev–Trinajstić information content (AvgIpc) is 2.94. The molecule has 0 N–H and O–H groups in total. The largest absolute Gasteiger partial charge is 0.493 e. The van der Waals surface area contributed by atoms with Crippen molar-refractivity contribution in [1.82, 2.24) is 4.90 Å². The van der Waals surface area contributed by atoms with E-state index in [0.717, 1.165) is 22.3 Å². The van der Waals surface area contributed by atoms with E-state index in [1.54, 1.807) is 47.7 Å². The Bertz CT molecular complexity index is 1230. The lowest BCUT2D eigenvalue weighted by Gasteiger charge is -2.37. The van der Waals surface area contributed by atoms with Crippen LogP contribution in [0.15, 0.2) is 60.7 Å². The summed E-state index contributed by atoms with van der Waals surface area (Å²) in [5.41, 5.74) is 3.96. The number of methoxy groups -OCH3 is 5. The van der Waals surface area contributed by atoms with Gasteiger partial charge in [0.05, 0.1) is 41.6 Å². The lowest BCUT2D eigenvalue weighted by Crippen LogP contribution is -2.39. The normalized spacial score (nSPS) is 14.8. The van der Waals surface area contributed by atoms with Crippen molar-refractivity contribution in [2.24, 2.45) is 0 Å². The van der Waals surface area contributed by atoms with E-state index in [-0.39, 0.29) is 11.9 Å². The maximum atomic E-state index is 13.6. The Kier molecular flexibility index (Phi) is 7.68. The van der Waals surface area contributed by atoms with Crippen molar-refractivity contribution in [2.75, 3.05) is 42.1 Å². The number of hydrogen-bond donors (Lipinski definition) is 0. The van der Waals surface area contributed by atoms with Gasteiger partial charge < -0.3 is 28.6 Å². The molecular formula is C29H31NO6. The van der Waals surface area contributed by atoms with E-state index in [1.165, 1.54) is 0 Å². The fourth-order valence-corrected chi connectivity index (χ4v) is 4.64. The lowest BCUT2D eigenvalue weighted by atomic mass is 9.87. The molecule has 3 aromatic carbocycles. The Morgan fingerprint density at radius 1 is 0.806 bits per heavy atom. The summed E-state index contributed by atoms with van der Waals surface area (Å²) >= 11 is 0. The molecule has 0 radical (unpaired) electrons. The highest BCUT2D eigenvalue weighted by atomic mass is 16.5. The number of amides is 1. The zero-order chi connectivity index (χ0) is 25.7. The minimum Gasteiger partial charge on any atom is -0.493 e. The molecule has 1 aliphatic heterocycles. The van der Waals surface area contributed by atoms with Crippen LogP contribution in [0.1, 0.15) is 28.3 Å². The van der Waals surface area contributed by atoms with E-state index in [4.69, 9.17) is 23.7 Å². The number of carbonyl (C=O) groups excluding carboxylic acids is 1. The predicted octanol–water partition coefficient (Wildman–Crippen LogP) is 4.92. The van der Waals surface area contributed by atoms with Crippen molar-refractivity contribution >= 4 is 12.0 Å². The predicted molar refractivity (Wildman–Crippen MR) is 138 cm³/mol. The molecule has 4 rings (SSSR count). The zero-order valence-corrected chi connectivity index (χ0v) is 21.2. The Labute approximate surface area is 211 Å². The van der Waals surface area contributed by atoms with Crippen LogP contribution in [0.25, 0.3) is 6.08 Å².